The smallest absolute Gasteiger partial charge is 0.416 e. The summed E-state index contributed by atoms with van der Waals surface area (Å²) in [6.45, 7) is 6.87. The first-order chi connectivity index (χ1) is 21.2. The van der Waals surface area contributed by atoms with Crippen LogP contribution in [0.15, 0.2) is 47.0 Å². The van der Waals surface area contributed by atoms with Crippen LogP contribution in [0.2, 0.25) is 0 Å². The number of hydrogen-bond acceptors (Lipinski definition) is 7. The van der Waals surface area contributed by atoms with Gasteiger partial charge in [0.05, 0.1) is 36.0 Å². The zero-order chi connectivity index (χ0) is 33.1. The van der Waals surface area contributed by atoms with Crippen molar-refractivity contribution in [1.82, 2.24) is 15.0 Å². The number of rotatable bonds is 7. The van der Waals surface area contributed by atoms with E-state index in [-0.39, 0.29) is 48.3 Å². The van der Waals surface area contributed by atoms with Crippen LogP contribution < -0.4 is 20.7 Å². The summed E-state index contributed by atoms with van der Waals surface area (Å²) < 4.78 is 50.3. The van der Waals surface area contributed by atoms with Crippen LogP contribution in [-0.4, -0.2) is 76.9 Å². The maximum absolute atomic E-state index is 13.7. The number of aryl methyl sites for hydroxylation is 2. The molecule has 242 valence electrons. The van der Waals surface area contributed by atoms with Crippen molar-refractivity contribution in [3.8, 4) is 5.75 Å². The molecule has 4 N–H and O–H groups in total. The minimum absolute atomic E-state index is 0.0382. The van der Waals surface area contributed by atoms with Gasteiger partial charge in [-0.05, 0) is 57.2 Å². The highest BCUT2D eigenvalue weighted by Gasteiger charge is 2.35. The van der Waals surface area contributed by atoms with E-state index in [2.05, 4.69) is 21.1 Å². The van der Waals surface area contributed by atoms with E-state index in [9.17, 15) is 32.7 Å². The Bertz CT molecular complexity index is 1520. The maximum atomic E-state index is 13.7. The van der Waals surface area contributed by atoms with Crippen molar-refractivity contribution in [1.29, 1.82) is 0 Å². The molecule has 3 atom stereocenters. The quantitative estimate of drug-likeness (QED) is 0.275. The number of amides is 5. The van der Waals surface area contributed by atoms with Crippen LogP contribution in [0, 0.1) is 19.8 Å². The Kier molecular flexibility index (Phi) is 9.91. The number of carbonyl (C=O) groups is 3. The zero-order valence-corrected chi connectivity index (χ0v) is 25.4. The molecule has 12 nitrogen and oxygen atoms in total. The highest BCUT2D eigenvalue weighted by molar-refractivity contribution is 6.04. The van der Waals surface area contributed by atoms with Gasteiger partial charge in [-0.25, -0.2) is 9.59 Å². The standard InChI is InChI=1S/C30H35F3N6O6/c1-16-13-39(17(2)15-40)27(41)22-7-6-8-23(35-28(42)34-21-11-9-20(10-12-21)30(31,32)33)26(22)44-24(16)14-38(5)29(43)36-25-18(3)37-45-19(25)4/h6-12,16-17,24,40H,13-15H2,1-5H3,(H,36,43)(H2,34,35,42)/t16-,17-,24+/m1/s1. The monoisotopic (exact) mass is 632 g/mol. The second-order valence-electron chi connectivity index (χ2n) is 11.0. The normalized spacial score (nSPS) is 17.4. The largest absolute Gasteiger partial charge is 0.485 e. The summed E-state index contributed by atoms with van der Waals surface area (Å²) in [5.41, 5.74) is 0.430. The van der Waals surface area contributed by atoms with Crippen molar-refractivity contribution in [3.63, 3.8) is 0 Å². The van der Waals surface area contributed by atoms with Gasteiger partial charge >= 0.3 is 18.2 Å². The lowest BCUT2D eigenvalue weighted by molar-refractivity contribution is -0.137. The van der Waals surface area contributed by atoms with Gasteiger partial charge in [-0.3, -0.25) is 4.79 Å². The summed E-state index contributed by atoms with van der Waals surface area (Å²) in [6, 6.07) is 6.70. The van der Waals surface area contributed by atoms with Crippen LogP contribution in [-0.2, 0) is 6.18 Å². The molecular weight excluding hydrogens is 597 g/mol. The van der Waals surface area contributed by atoms with E-state index < -0.39 is 41.9 Å². The summed E-state index contributed by atoms with van der Waals surface area (Å²) in [4.78, 5) is 42.6. The lowest BCUT2D eigenvalue weighted by Gasteiger charge is -2.38. The van der Waals surface area contributed by atoms with Gasteiger partial charge in [-0.1, -0.05) is 18.1 Å². The fourth-order valence-electron chi connectivity index (χ4n) is 4.80. The maximum Gasteiger partial charge on any atom is 0.416 e. The Morgan fingerprint density at radius 1 is 1.13 bits per heavy atom. The number of aromatic nitrogens is 1. The topological polar surface area (TPSA) is 149 Å². The molecule has 0 fully saturated rings. The number of hydrogen-bond donors (Lipinski definition) is 4. The van der Waals surface area contributed by atoms with E-state index in [4.69, 9.17) is 9.26 Å². The van der Waals surface area contributed by atoms with Gasteiger partial charge in [0.2, 0.25) is 0 Å². The number of alkyl halides is 3. The number of halogens is 3. The van der Waals surface area contributed by atoms with Crippen molar-refractivity contribution < 1.29 is 41.9 Å². The van der Waals surface area contributed by atoms with E-state index >= 15 is 0 Å². The molecule has 3 aromatic rings. The van der Waals surface area contributed by atoms with Crippen LogP contribution in [0.3, 0.4) is 0 Å². The van der Waals surface area contributed by atoms with E-state index in [0.717, 1.165) is 24.3 Å². The Morgan fingerprint density at radius 3 is 2.42 bits per heavy atom. The Balaban J connectivity index is 1.61. The minimum atomic E-state index is -4.52. The Morgan fingerprint density at radius 2 is 1.82 bits per heavy atom. The third-order valence-corrected chi connectivity index (χ3v) is 7.48. The minimum Gasteiger partial charge on any atom is -0.485 e. The van der Waals surface area contributed by atoms with Crippen molar-refractivity contribution >= 4 is 35.0 Å². The average Bonchev–Trinajstić information content (AvgIpc) is 3.30. The molecule has 2 aromatic carbocycles. The lowest BCUT2D eigenvalue weighted by atomic mass is 9.99. The highest BCUT2D eigenvalue weighted by Crippen LogP contribution is 2.35. The van der Waals surface area contributed by atoms with E-state index in [1.807, 2.05) is 6.92 Å². The first-order valence-corrected chi connectivity index (χ1v) is 14.1. The molecule has 5 amide bonds. The number of aliphatic hydroxyl groups excluding tert-OH is 1. The van der Waals surface area contributed by atoms with Gasteiger partial charge in [0, 0.05) is 25.2 Å². The number of nitrogens with zero attached hydrogens (tertiary/aromatic N) is 3. The number of fused-ring (bicyclic) bond motifs is 1. The van der Waals surface area contributed by atoms with E-state index in [0.29, 0.717) is 17.1 Å². The van der Waals surface area contributed by atoms with Crippen LogP contribution in [0.4, 0.5) is 39.8 Å². The number of likely N-dealkylation sites (N-methyl/N-ethyl adjacent to an activating group) is 1. The average molecular weight is 633 g/mol. The SMILES string of the molecule is Cc1noc(C)c1NC(=O)N(C)C[C@@H]1Oc2c(NC(=O)Nc3ccc(C(F)(F)F)cc3)cccc2C(=O)N([C@H](C)CO)C[C@H]1C. The third kappa shape index (κ3) is 7.66. The Labute approximate surface area is 257 Å². The number of para-hydroxylation sites is 1. The molecule has 45 heavy (non-hydrogen) atoms. The molecule has 0 saturated carbocycles. The van der Waals surface area contributed by atoms with Gasteiger partial charge in [-0.15, -0.1) is 0 Å². The number of nitrogens with one attached hydrogen (secondary N) is 3. The number of aliphatic hydroxyl groups is 1. The first-order valence-electron chi connectivity index (χ1n) is 14.1. The van der Waals surface area contributed by atoms with Crippen molar-refractivity contribution in [2.24, 2.45) is 5.92 Å². The van der Waals surface area contributed by atoms with Gasteiger partial charge in [0.25, 0.3) is 5.91 Å². The molecule has 0 bridgehead atoms. The number of carbonyl (C=O) groups excluding carboxylic acids is 3. The predicted molar refractivity (Wildman–Crippen MR) is 159 cm³/mol. The highest BCUT2D eigenvalue weighted by atomic mass is 19.4. The van der Waals surface area contributed by atoms with Crippen LogP contribution >= 0.6 is 0 Å². The number of anilines is 3. The fourth-order valence-corrected chi connectivity index (χ4v) is 4.80. The molecular formula is C30H35F3N6O6. The van der Waals surface area contributed by atoms with Crippen molar-refractivity contribution in [3.05, 3.63) is 65.0 Å². The fraction of sp³-hybridized carbons (Fsp3) is 0.400. The molecule has 0 radical (unpaired) electrons. The summed E-state index contributed by atoms with van der Waals surface area (Å²) >= 11 is 0. The number of ether oxygens (including phenoxy) is 1. The molecule has 1 aliphatic rings. The van der Waals surface area contributed by atoms with E-state index in [1.54, 1.807) is 33.9 Å². The van der Waals surface area contributed by atoms with Gasteiger partial charge in [0.1, 0.15) is 17.5 Å². The van der Waals surface area contributed by atoms with Crippen molar-refractivity contribution in [2.75, 3.05) is 42.7 Å². The predicted octanol–water partition coefficient (Wildman–Crippen LogP) is 5.34. The Hall–Kier alpha value is -4.79. The zero-order valence-electron chi connectivity index (χ0n) is 25.4. The van der Waals surface area contributed by atoms with Crippen LogP contribution in [0.5, 0.6) is 5.75 Å². The van der Waals surface area contributed by atoms with Crippen LogP contribution in [0.1, 0.15) is 41.2 Å². The molecule has 2 heterocycles. The van der Waals surface area contributed by atoms with Crippen molar-refractivity contribution in [2.45, 2.75) is 46.0 Å². The van der Waals surface area contributed by atoms with E-state index in [1.165, 1.54) is 21.9 Å². The second-order valence-corrected chi connectivity index (χ2v) is 11.0. The first kappa shape index (κ1) is 33.1. The van der Waals surface area contributed by atoms with Gasteiger partial charge in [-0.2, -0.15) is 13.2 Å². The summed E-state index contributed by atoms with van der Waals surface area (Å²) in [5, 5.41) is 21.6. The van der Waals surface area contributed by atoms with Gasteiger partial charge < -0.3 is 40.1 Å². The van der Waals surface area contributed by atoms with Crippen LogP contribution in [0.25, 0.3) is 0 Å². The molecule has 1 aliphatic heterocycles. The molecule has 0 unspecified atom stereocenters. The molecule has 15 heteroatoms. The summed E-state index contributed by atoms with van der Waals surface area (Å²) in [5.74, 6) is -0.305. The summed E-state index contributed by atoms with van der Waals surface area (Å²) in [6.07, 6.45) is -5.21. The molecule has 0 saturated heterocycles. The number of urea groups is 2. The summed E-state index contributed by atoms with van der Waals surface area (Å²) in [7, 11) is 1.57. The molecule has 4 rings (SSSR count). The molecule has 0 spiro atoms. The second kappa shape index (κ2) is 13.5. The lowest BCUT2D eigenvalue weighted by Crippen LogP contribution is -2.50. The third-order valence-electron chi connectivity index (χ3n) is 7.48. The molecule has 0 aliphatic carbocycles. The van der Waals surface area contributed by atoms with Gasteiger partial charge in [0.15, 0.2) is 11.5 Å². The molecule has 1 aromatic heterocycles. The number of benzene rings is 2.